The number of nitrogens with two attached hydrogens (primary N) is 1. The van der Waals surface area contributed by atoms with Crippen LogP contribution in [0.5, 0.6) is 0 Å². The molecule has 0 aliphatic carbocycles. The highest BCUT2D eigenvalue weighted by atomic mass is 35.5. The average Bonchev–Trinajstić information content (AvgIpc) is 2.43. The number of sulfonamides is 1. The Morgan fingerprint density at radius 2 is 1.76 bits per heavy atom. The van der Waals surface area contributed by atoms with Gasteiger partial charge in [-0.2, -0.15) is 0 Å². The molecule has 0 saturated heterocycles. The first kappa shape index (κ1) is 19.9. The Morgan fingerprint density at radius 3 is 2.24 bits per heavy atom. The standard InChI is InChI=1S/C13H21N3O3S.ClH/c1-16(2)13(17)11-5-7-12(8-6-11)20(18,19)15-10-4-3-9-14;/h5-8,15H,3-4,9-10,14H2,1-2H3;1H. The van der Waals surface area contributed by atoms with Crippen LogP contribution >= 0.6 is 12.4 Å². The molecule has 0 fully saturated rings. The van der Waals surface area contributed by atoms with Crippen molar-refractivity contribution in [2.24, 2.45) is 5.73 Å². The van der Waals surface area contributed by atoms with Crippen molar-refractivity contribution in [3.8, 4) is 0 Å². The summed E-state index contributed by atoms with van der Waals surface area (Å²) in [5.74, 6) is -0.162. The van der Waals surface area contributed by atoms with Gasteiger partial charge in [0.1, 0.15) is 0 Å². The van der Waals surface area contributed by atoms with E-state index >= 15 is 0 Å². The molecule has 0 radical (unpaired) electrons. The Kier molecular flexibility index (Phi) is 8.50. The second-order valence-electron chi connectivity index (χ2n) is 4.62. The Balaban J connectivity index is 0.00000400. The van der Waals surface area contributed by atoms with Crippen molar-refractivity contribution in [3.05, 3.63) is 29.8 Å². The van der Waals surface area contributed by atoms with Gasteiger partial charge in [0.25, 0.3) is 5.91 Å². The van der Waals surface area contributed by atoms with Crippen LogP contribution in [0, 0.1) is 0 Å². The molecular weight excluding hydrogens is 314 g/mol. The van der Waals surface area contributed by atoms with E-state index in [9.17, 15) is 13.2 Å². The van der Waals surface area contributed by atoms with E-state index in [2.05, 4.69) is 4.72 Å². The second-order valence-corrected chi connectivity index (χ2v) is 6.38. The van der Waals surface area contributed by atoms with E-state index < -0.39 is 10.0 Å². The highest BCUT2D eigenvalue weighted by Crippen LogP contribution is 2.11. The van der Waals surface area contributed by atoms with Gasteiger partial charge in [-0.05, 0) is 43.7 Å². The van der Waals surface area contributed by atoms with Crippen LogP contribution in [0.4, 0.5) is 0 Å². The maximum absolute atomic E-state index is 12.0. The Morgan fingerprint density at radius 1 is 1.19 bits per heavy atom. The number of carbonyl (C=O) groups excluding carboxylic acids is 1. The van der Waals surface area contributed by atoms with Crippen LogP contribution < -0.4 is 10.5 Å². The lowest BCUT2D eigenvalue weighted by Crippen LogP contribution is -2.25. The van der Waals surface area contributed by atoms with Crippen LogP contribution in [0.3, 0.4) is 0 Å². The topological polar surface area (TPSA) is 92.5 Å². The summed E-state index contributed by atoms with van der Waals surface area (Å²) in [4.78, 5) is 13.3. The molecule has 1 aromatic carbocycles. The molecule has 1 rings (SSSR count). The molecular formula is C13H22ClN3O3S. The predicted octanol–water partition coefficient (Wildman–Crippen LogP) is 0.827. The minimum absolute atomic E-state index is 0. The molecule has 1 aromatic rings. The van der Waals surface area contributed by atoms with Gasteiger partial charge < -0.3 is 10.6 Å². The number of halogens is 1. The number of carbonyl (C=O) groups is 1. The fraction of sp³-hybridized carbons (Fsp3) is 0.462. The number of benzene rings is 1. The summed E-state index contributed by atoms with van der Waals surface area (Å²) in [5.41, 5.74) is 5.80. The van der Waals surface area contributed by atoms with Gasteiger partial charge in [-0.1, -0.05) is 0 Å². The zero-order valence-corrected chi connectivity index (χ0v) is 13.8. The molecule has 0 aliphatic heterocycles. The van der Waals surface area contributed by atoms with E-state index in [-0.39, 0.29) is 23.2 Å². The average molecular weight is 336 g/mol. The molecule has 0 spiro atoms. The quantitative estimate of drug-likeness (QED) is 0.722. The van der Waals surface area contributed by atoms with E-state index in [1.165, 1.54) is 29.2 Å². The molecule has 0 aliphatic rings. The smallest absolute Gasteiger partial charge is 0.253 e. The number of nitrogens with zero attached hydrogens (tertiary/aromatic N) is 1. The third-order valence-corrected chi connectivity index (χ3v) is 4.22. The summed E-state index contributed by atoms with van der Waals surface area (Å²) < 4.78 is 26.4. The van der Waals surface area contributed by atoms with E-state index in [1.54, 1.807) is 14.1 Å². The number of unbranched alkanes of at least 4 members (excludes halogenated alkanes) is 1. The molecule has 0 aromatic heterocycles. The Bertz CT molecular complexity index is 544. The third kappa shape index (κ3) is 6.01. The van der Waals surface area contributed by atoms with Crippen molar-refractivity contribution in [3.63, 3.8) is 0 Å². The lowest BCUT2D eigenvalue weighted by atomic mass is 10.2. The Hall–Kier alpha value is -1.15. The molecule has 6 nitrogen and oxygen atoms in total. The normalized spacial score (nSPS) is 10.8. The van der Waals surface area contributed by atoms with Crippen molar-refractivity contribution in [2.75, 3.05) is 27.2 Å². The fourth-order valence-corrected chi connectivity index (χ4v) is 2.67. The van der Waals surface area contributed by atoms with Crippen LogP contribution in [-0.2, 0) is 10.0 Å². The maximum atomic E-state index is 12.0. The van der Waals surface area contributed by atoms with Gasteiger partial charge in [-0.25, -0.2) is 13.1 Å². The predicted molar refractivity (Wildman–Crippen MR) is 85.2 cm³/mol. The summed E-state index contributed by atoms with van der Waals surface area (Å²) in [6.45, 7) is 0.904. The van der Waals surface area contributed by atoms with E-state index in [4.69, 9.17) is 5.73 Å². The van der Waals surface area contributed by atoms with Crippen molar-refractivity contribution in [2.45, 2.75) is 17.7 Å². The van der Waals surface area contributed by atoms with Crippen LogP contribution in [0.1, 0.15) is 23.2 Å². The summed E-state index contributed by atoms with van der Waals surface area (Å²) in [7, 11) is -0.230. The number of hydrogen-bond donors (Lipinski definition) is 2. The Labute approximate surface area is 132 Å². The van der Waals surface area contributed by atoms with Gasteiger partial charge in [0.2, 0.25) is 10.0 Å². The summed E-state index contributed by atoms with van der Waals surface area (Å²) in [6, 6.07) is 5.89. The second kappa shape index (κ2) is 8.99. The van der Waals surface area contributed by atoms with Crippen molar-refractivity contribution in [1.82, 2.24) is 9.62 Å². The molecule has 1 amide bonds. The van der Waals surface area contributed by atoms with Crippen LogP contribution in [0.2, 0.25) is 0 Å². The monoisotopic (exact) mass is 335 g/mol. The maximum Gasteiger partial charge on any atom is 0.253 e. The highest BCUT2D eigenvalue weighted by Gasteiger charge is 2.14. The lowest BCUT2D eigenvalue weighted by molar-refractivity contribution is 0.0827. The van der Waals surface area contributed by atoms with Gasteiger partial charge in [-0.15, -0.1) is 12.4 Å². The molecule has 21 heavy (non-hydrogen) atoms. The SMILES string of the molecule is CN(C)C(=O)c1ccc(S(=O)(=O)NCCCCN)cc1.Cl. The van der Waals surface area contributed by atoms with Gasteiger partial charge >= 0.3 is 0 Å². The largest absolute Gasteiger partial charge is 0.345 e. The molecule has 0 bridgehead atoms. The number of rotatable bonds is 7. The van der Waals surface area contributed by atoms with Gasteiger partial charge in [-0.3, -0.25) is 4.79 Å². The van der Waals surface area contributed by atoms with E-state index in [1.807, 2.05) is 0 Å². The molecule has 0 unspecified atom stereocenters. The van der Waals surface area contributed by atoms with Gasteiger partial charge in [0, 0.05) is 26.2 Å². The van der Waals surface area contributed by atoms with Gasteiger partial charge in [0.15, 0.2) is 0 Å². The third-order valence-electron chi connectivity index (χ3n) is 2.74. The van der Waals surface area contributed by atoms with Crippen molar-refractivity contribution < 1.29 is 13.2 Å². The first-order valence-electron chi connectivity index (χ1n) is 6.40. The summed E-state index contributed by atoms with van der Waals surface area (Å²) in [5, 5.41) is 0. The lowest BCUT2D eigenvalue weighted by Gasteiger charge is -2.11. The number of amides is 1. The molecule has 3 N–H and O–H groups in total. The minimum atomic E-state index is -3.52. The van der Waals surface area contributed by atoms with E-state index in [0.29, 0.717) is 25.1 Å². The molecule has 0 heterocycles. The molecule has 120 valence electrons. The highest BCUT2D eigenvalue weighted by molar-refractivity contribution is 7.89. The first-order valence-corrected chi connectivity index (χ1v) is 7.88. The zero-order valence-electron chi connectivity index (χ0n) is 12.2. The molecule has 0 atom stereocenters. The number of nitrogens with one attached hydrogen (secondary N) is 1. The molecule has 0 saturated carbocycles. The van der Waals surface area contributed by atoms with Crippen LogP contribution in [0.25, 0.3) is 0 Å². The van der Waals surface area contributed by atoms with Crippen LogP contribution in [0.15, 0.2) is 29.2 Å². The zero-order chi connectivity index (χ0) is 15.2. The molecule has 8 heteroatoms. The summed E-state index contributed by atoms with van der Waals surface area (Å²) >= 11 is 0. The minimum Gasteiger partial charge on any atom is -0.345 e. The fourth-order valence-electron chi connectivity index (χ4n) is 1.59. The van der Waals surface area contributed by atoms with Crippen molar-refractivity contribution >= 4 is 28.3 Å². The van der Waals surface area contributed by atoms with Crippen molar-refractivity contribution in [1.29, 1.82) is 0 Å². The van der Waals surface area contributed by atoms with Gasteiger partial charge in [0.05, 0.1) is 4.90 Å². The summed E-state index contributed by atoms with van der Waals surface area (Å²) in [6.07, 6.45) is 1.48. The number of hydrogen-bond acceptors (Lipinski definition) is 4. The van der Waals surface area contributed by atoms with E-state index in [0.717, 1.165) is 6.42 Å². The first-order chi connectivity index (χ1) is 9.38. The van der Waals surface area contributed by atoms with Crippen LogP contribution in [-0.4, -0.2) is 46.4 Å².